The third-order valence-electron chi connectivity index (χ3n) is 3.53. The first-order valence-electron chi connectivity index (χ1n) is 8.01. The molecule has 2 rings (SSSR count). The molecule has 0 saturated carbocycles. The Bertz CT molecular complexity index is 490. The van der Waals surface area contributed by atoms with Crippen LogP contribution in [0.15, 0.2) is 24.3 Å². The van der Waals surface area contributed by atoms with E-state index in [1.807, 2.05) is 21.6 Å². The lowest BCUT2D eigenvalue weighted by atomic mass is 10.1. The predicted octanol–water partition coefficient (Wildman–Crippen LogP) is 3.25. The second-order valence-corrected chi connectivity index (χ2v) is 8.38. The number of hydrogen-bond donors (Lipinski definition) is 3. The van der Waals surface area contributed by atoms with E-state index in [4.69, 9.17) is 15.9 Å². The summed E-state index contributed by atoms with van der Waals surface area (Å²) in [7, 11) is 4.02. The number of carboxylic acids is 1. The maximum atomic E-state index is 10.4. The van der Waals surface area contributed by atoms with E-state index in [0.29, 0.717) is 0 Å². The van der Waals surface area contributed by atoms with E-state index in [-0.39, 0.29) is 12.2 Å². The van der Waals surface area contributed by atoms with Crippen LogP contribution in [0.2, 0.25) is 0 Å². The van der Waals surface area contributed by atoms with Crippen molar-refractivity contribution < 1.29 is 19.8 Å². The van der Waals surface area contributed by atoms with Crippen LogP contribution in [0.1, 0.15) is 37.7 Å². The van der Waals surface area contributed by atoms with Gasteiger partial charge in [0.15, 0.2) is 0 Å². The molecule has 1 aliphatic heterocycles. The zero-order valence-electron chi connectivity index (χ0n) is 13.6. The highest BCUT2D eigenvalue weighted by Gasteiger charge is 2.15. The smallest absolute Gasteiger partial charge is 0.320 e. The fraction of sp³-hybridized carbons (Fsp3) is 0.529. The highest BCUT2D eigenvalue weighted by molar-refractivity contribution is 8.77. The molecule has 2 atom stereocenters. The van der Waals surface area contributed by atoms with Gasteiger partial charge in [0, 0.05) is 17.4 Å². The molecule has 0 aromatic heterocycles. The molecule has 1 aromatic carbocycles. The van der Waals surface area contributed by atoms with Crippen molar-refractivity contribution in [2.75, 3.05) is 5.75 Å². The number of aldehydes is 1. The molecule has 0 aliphatic carbocycles. The molecular weight excluding hydrogens is 346 g/mol. The first-order valence-corrected chi connectivity index (χ1v) is 10.4. The Morgan fingerprint density at radius 3 is 2.58 bits per heavy atom. The number of carbonyl (C=O) groups is 2. The van der Waals surface area contributed by atoms with Gasteiger partial charge in [-0.05, 0) is 43.4 Å². The lowest BCUT2D eigenvalue weighted by molar-refractivity contribution is -0.138. The number of carboxylic acid groups (broad SMARTS) is 1. The number of rotatable bonds is 8. The third kappa shape index (κ3) is 9.20. The molecule has 134 valence electrons. The van der Waals surface area contributed by atoms with Gasteiger partial charge in [0.25, 0.3) is 0 Å². The Morgan fingerprint density at radius 2 is 2.04 bits per heavy atom. The van der Waals surface area contributed by atoms with Crippen LogP contribution < -0.4 is 5.73 Å². The number of aliphatic carboxylic acids is 1. The average Bonchev–Trinajstić information content (AvgIpc) is 3.08. The minimum atomic E-state index is -1.02. The molecule has 24 heavy (non-hydrogen) atoms. The Balaban J connectivity index is 0.000000243. The molecule has 4 N–H and O–H groups in total. The van der Waals surface area contributed by atoms with Gasteiger partial charge in [-0.3, -0.25) is 4.79 Å². The molecule has 1 fully saturated rings. The van der Waals surface area contributed by atoms with Crippen LogP contribution in [0.4, 0.5) is 0 Å². The molecule has 0 radical (unpaired) electrons. The second kappa shape index (κ2) is 12.2. The monoisotopic (exact) mass is 371 g/mol. The SMILES string of the molecule is NC(Cc1ccc(O)cc1)C(=O)O.O=CCCCCC1CCSS1. The summed E-state index contributed by atoms with van der Waals surface area (Å²) in [5.74, 6) is 0.462. The fourth-order valence-corrected chi connectivity index (χ4v) is 5.17. The summed E-state index contributed by atoms with van der Waals surface area (Å²) in [4.78, 5) is 20.4. The average molecular weight is 372 g/mol. The first-order chi connectivity index (χ1) is 11.5. The Hall–Kier alpha value is -1.18. The lowest BCUT2D eigenvalue weighted by Gasteiger charge is -2.05. The van der Waals surface area contributed by atoms with Gasteiger partial charge in [-0.25, -0.2) is 0 Å². The van der Waals surface area contributed by atoms with Crippen LogP contribution in [0.5, 0.6) is 5.75 Å². The van der Waals surface area contributed by atoms with Crippen molar-refractivity contribution in [1.82, 2.24) is 0 Å². The maximum absolute atomic E-state index is 10.4. The number of unbranched alkanes of at least 4 members (excludes halogenated alkanes) is 2. The number of nitrogens with two attached hydrogens (primary N) is 1. The molecular formula is C17H25NO4S2. The molecule has 7 heteroatoms. The Labute approximate surface area is 150 Å². The van der Waals surface area contributed by atoms with Crippen LogP contribution in [0.3, 0.4) is 0 Å². The van der Waals surface area contributed by atoms with Crippen LogP contribution in [-0.4, -0.2) is 39.5 Å². The summed E-state index contributed by atoms with van der Waals surface area (Å²) in [5.41, 5.74) is 6.12. The van der Waals surface area contributed by atoms with Gasteiger partial charge >= 0.3 is 5.97 Å². The minimum Gasteiger partial charge on any atom is -0.508 e. The van der Waals surface area contributed by atoms with Crippen molar-refractivity contribution in [1.29, 1.82) is 0 Å². The van der Waals surface area contributed by atoms with Gasteiger partial charge in [0.2, 0.25) is 0 Å². The quantitative estimate of drug-likeness (QED) is 0.366. The Morgan fingerprint density at radius 1 is 1.33 bits per heavy atom. The first kappa shape index (κ1) is 20.9. The van der Waals surface area contributed by atoms with E-state index in [2.05, 4.69) is 0 Å². The normalized spacial score (nSPS) is 17.6. The summed E-state index contributed by atoms with van der Waals surface area (Å²) >= 11 is 0. The van der Waals surface area contributed by atoms with Crippen molar-refractivity contribution in [3.05, 3.63) is 29.8 Å². The largest absolute Gasteiger partial charge is 0.508 e. The van der Waals surface area contributed by atoms with Crippen LogP contribution in [-0.2, 0) is 16.0 Å². The number of aromatic hydroxyl groups is 1. The van der Waals surface area contributed by atoms with Crippen LogP contribution in [0, 0.1) is 0 Å². The number of benzene rings is 1. The third-order valence-corrected chi connectivity index (χ3v) is 6.54. The van der Waals surface area contributed by atoms with Crippen LogP contribution in [0.25, 0.3) is 0 Å². The van der Waals surface area contributed by atoms with Crippen molar-refractivity contribution >= 4 is 33.8 Å². The zero-order valence-corrected chi connectivity index (χ0v) is 15.2. The molecule has 1 heterocycles. The standard InChI is InChI=1S/C9H11NO3.C8H14OS2/c10-8(9(12)13)5-6-1-3-7(11)4-2-6;9-6-3-1-2-4-8-5-7-10-11-8/h1-4,8,11H,5,10H2,(H,12,13);6,8H,1-5,7H2. The molecule has 0 spiro atoms. The van der Waals surface area contributed by atoms with E-state index in [1.54, 1.807) is 12.1 Å². The van der Waals surface area contributed by atoms with Gasteiger partial charge in [-0.15, -0.1) is 0 Å². The fourth-order valence-electron chi connectivity index (χ4n) is 2.14. The van der Waals surface area contributed by atoms with Gasteiger partial charge in [0.05, 0.1) is 0 Å². The van der Waals surface area contributed by atoms with Crippen molar-refractivity contribution in [3.63, 3.8) is 0 Å². The number of hydrogen-bond acceptors (Lipinski definition) is 6. The van der Waals surface area contributed by atoms with Crippen molar-refractivity contribution in [2.45, 2.75) is 49.8 Å². The summed E-state index contributed by atoms with van der Waals surface area (Å²) < 4.78 is 0. The van der Waals surface area contributed by atoms with E-state index in [0.717, 1.165) is 29.9 Å². The molecule has 5 nitrogen and oxygen atoms in total. The van der Waals surface area contributed by atoms with E-state index in [9.17, 15) is 9.59 Å². The maximum Gasteiger partial charge on any atom is 0.320 e. The Kier molecular flexibility index (Phi) is 10.6. The summed E-state index contributed by atoms with van der Waals surface area (Å²) in [6, 6.07) is 5.42. The lowest BCUT2D eigenvalue weighted by Crippen LogP contribution is -2.32. The molecule has 1 saturated heterocycles. The van der Waals surface area contributed by atoms with E-state index < -0.39 is 12.0 Å². The highest BCUT2D eigenvalue weighted by atomic mass is 33.1. The highest BCUT2D eigenvalue weighted by Crippen LogP contribution is 2.39. The summed E-state index contributed by atoms with van der Waals surface area (Å²) in [5, 5.41) is 18.4. The second-order valence-electron chi connectivity index (χ2n) is 5.60. The molecule has 0 bridgehead atoms. The number of carbonyl (C=O) groups excluding carboxylic acids is 1. The summed E-state index contributed by atoms with van der Waals surface area (Å²) in [6.07, 6.45) is 7.06. The van der Waals surface area contributed by atoms with Gasteiger partial charge < -0.3 is 20.7 Å². The predicted molar refractivity (Wildman–Crippen MR) is 100 cm³/mol. The van der Waals surface area contributed by atoms with Gasteiger partial charge in [-0.2, -0.15) is 0 Å². The van der Waals surface area contributed by atoms with Crippen LogP contribution >= 0.6 is 21.6 Å². The van der Waals surface area contributed by atoms with Gasteiger partial charge in [-0.1, -0.05) is 40.1 Å². The van der Waals surface area contributed by atoms with Gasteiger partial charge in [0.1, 0.15) is 18.1 Å². The van der Waals surface area contributed by atoms with Crippen molar-refractivity contribution in [2.24, 2.45) is 5.73 Å². The zero-order chi connectivity index (χ0) is 17.8. The number of phenolic OH excluding ortho intramolecular Hbond substituents is 1. The van der Waals surface area contributed by atoms with E-state index in [1.165, 1.54) is 37.1 Å². The minimum absolute atomic E-state index is 0.160. The van der Waals surface area contributed by atoms with Crippen molar-refractivity contribution in [3.8, 4) is 5.75 Å². The molecule has 0 amide bonds. The molecule has 2 unspecified atom stereocenters. The molecule has 1 aromatic rings. The summed E-state index contributed by atoms with van der Waals surface area (Å²) in [6.45, 7) is 0. The molecule has 1 aliphatic rings. The van der Waals surface area contributed by atoms with E-state index >= 15 is 0 Å². The topological polar surface area (TPSA) is 101 Å². The number of phenols is 1.